The summed E-state index contributed by atoms with van der Waals surface area (Å²) in [5, 5.41) is 4.55. The highest BCUT2D eigenvalue weighted by molar-refractivity contribution is 5.97. The maximum atomic E-state index is 11.4. The van der Waals surface area contributed by atoms with E-state index in [2.05, 4.69) is 10.6 Å². The lowest BCUT2D eigenvalue weighted by atomic mass is 10.3. The van der Waals surface area contributed by atoms with Crippen molar-refractivity contribution in [2.24, 2.45) is 0 Å². The molecule has 3 amide bonds. The van der Waals surface area contributed by atoms with Crippen molar-refractivity contribution >= 4 is 17.9 Å². The summed E-state index contributed by atoms with van der Waals surface area (Å²) in [5.74, 6) is -1.29. The minimum atomic E-state index is -1.02. The topological polar surface area (TPSA) is 84.5 Å². The number of nitrogens with one attached hydrogen (secondary N) is 2. The van der Waals surface area contributed by atoms with Crippen molar-refractivity contribution in [3.05, 3.63) is 12.2 Å². The zero-order valence-electron chi connectivity index (χ0n) is 10.4. The standard InChI is InChI=1S/C11H18N2O4/c1-5-6-9(14)17-8(4)10(15)13-11(16)12-7(2)3/h5-8H,1-4H3,(H2,12,13,15,16)/b6-5+. The molecule has 0 aliphatic heterocycles. The van der Waals surface area contributed by atoms with Gasteiger partial charge in [0.1, 0.15) is 0 Å². The van der Waals surface area contributed by atoms with Gasteiger partial charge in [-0.1, -0.05) is 6.08 Å². The van der Waals surface area contributed by atoms with E-state index in [4.69, 9.17) is 4.74 Å². The first-order valence-corrected chi connectivity index (χ1v) is 5.31. The Labute approximate surface area is 100 Å². The van der Waals surface area contributed by atoms with E-state index in [1.807, 2.05) is 0 Å². The van der Waals surface area contributed by atoms with Crippen LogP contribution in [0.1, 0.15) is 27.7 Å². The van der Waals surface area contributed by atoms with Gasteiger partial charge in [-0.25, -0.2) is 9.59 Å². The molecule has 0 heterocycles. The van der Waals surface area contributed by atoms with Gasteiger partial charge in [0.15, 0.2) is 6.10 Å². The Kier molecular flexibility index (Phi) is 6.62. The van der Waals surface area contributed by atoms with Crippen molar-refractivity contribution in [2.75, 3.05) is 0 Å². The molecule has 1 atom stereocenters. The van der Waals surface area contributed by atoms with E-state index in [1.54, 1.807) is 20.8 Å². The van der Waals surface area contributed by atoms with E-state index in [1.165, 1.54) is 19.1 Å². The summed E-state index contributed by atoms with van der Waals surface area (Å²) in [7, 11) is 0. The highest BCUT2D eigenvalue weighted by Crippen LogP contribution is 1.93. The Morgan fingerprint density at radius 2 is 1.76 bits per heavy atom. The molecule has 1 unspecified atom stereocenters. The molecule has 6 heteroatoms. The van der Waals surface area contributed by atoms with Gasteiger partial charge in [-0.2, -0.15) is 0 Å². The molecule has 17 heavy (non-hydrogen) atoms. The quantitative estimate of drug-likeness (QED) is 0.562. The van der Waals surface area contributed by atoms with E-state index < -0.39 is 24.0 Å². The number of hydrogen-bond donors (Lipinski definition) is 2. The summed E-state index contributed by atoms with van der Waals surface area (Å²) in [4.78, 5) is 33.6. The van der Waals surface area contributed by atoms with E-state index >= 15 is 0 Å². The van der Waals surface area contributed by atoms with Gasteiger partial charge in [0, 0.05) is 12.1 Å². The monoisotopic (exact) mass is 242 g/mol. The minimum absolute atomic E-state index is 0.0799. The fourth-order valence-corrected chi connectivity index (χ4v) is 0.915. The van der Waals surface area contributed by atoms with Crippen LogP contribution in [0.15, 0.2) is 12.2 Å². The third kappa shape index (κ3) is 7.10. The molecule has 0 radical (unpaired) electrons. The first-order valence-electron chi connectivity index (χ1n) is 5.31. The fourth-order valence-electron chi connectivity index (χ4n) is 0.915. The van der Waals surface area contributed by atoms with Crippen molar-refractivity contribution in [2.45, 2.75) is 39.8 Å². The second-order valence-corrected chi connectivity index (χ2v) is 3.70. The van der Waals surface area contributed by atoms with Gasteiger partial charge in [0.05, 0.1) is 0 Å². The van der Waals surface area contributed by atoms with Gasteiger partial charge in [0.2, 0.25) is 0 Å². The fraction of sp³-hybridized carbons (Fsp3) is 0.545. The van der Waals surface area contributed by atoms with Crippen LogP contribution in [0.4, 0.5) is 4.79 Å². The number of rotatable bonds is 4. The Morgan fingerprint density at radius 3 is 2.24 bits per heavy atom. The lowest BCUT2D eigenvalue weighted by molar-refractivity contribution is -0.149. The molecule has 6 nitrogen and oxygen atoms in total. The van der Waals surface area contributed by atoms with Crippen LogP contribution in [0, 0.1) is 0 Å². The third-order valence-electron chi connectivity index (χ3n) is 1.62. The highest BCUT2D eigenvalue weighted by Gasteiger charge is 2.18. The first-order chi connectivity index (χ1) is 7.86. The summed E-state index contributed by atoms with van der Waals surface area (Å²) in [5.41, 5.74) is 0. The molecule has 0 aromatic rings. The van der Waals surface area contributed by atoms with Gasteiger partial charge in [-0.05, 0) is 27.7 Å². The number of urea groups is 1. The largest absolute Gasteiger partial charge is 0.449 e. The molecule has 0 saturated carbocycles. The number of esters is 1. The molecule has 0 spiro atoms. The molecule has 96 valence electrons. The van der Waals surface area contributed by atoms with Crippen molar-refractivity contribution in [1.82, 2.24) is 10.6 Å². The van der Waals surface area contributed by atoms with Crippen LogP contribution in [-0.4, -0.2) is 30.1 Å². The van der Waals surface area contributed by atoms with Crippen molar-refractivity contribution in [3.8, 4) is 0 Å². The molecule has 0 saturated heterocycles. The van der Waals surface area contributed by atoms with Crippen LogP contribution in [-0.2, 0) is 14.3 Å². The van der Waals surface area contributed by atoms with Crippen LogP contribution in [0.25, 0.3) is 0 Å². The number of imide groups is 1. The number of carbonyl (C=O) groups excluding carboxylic acids is 3. The number of amides is 3. The van der Waals surface area contributed by atoms with Gasteiger partial charge in [-0.15, -0.1) is 0 Å². The number of allylic oxidation sites excluding steroid dienone is 1. The SMILES string of the molecule is C/C=C/C(=O)OC(C)C(=O)NC(=O)NC(C)C. The third-order valence-corrected chi connectivity index (χ3v) is 1.62. The lowest BCUT2D eigenvalue weighted by Crippen LogP contribution is -2.46. The molecule has 0 rings (SSSR count). The number of carbonyl (C=O) groups is 3. The van der Waals surface area contributed by atoms with Gasteiger partial charge in [-0.3, -0.25) is 10.1 Å². The predicted molar refractivity (Wildman–Crippen MR) is 62.2 cm³/mol. The summed E-state index contributed by atoms with van der Waals surface area (Å²) in [6.45, 7) is 6.57. The second-order valence-electron chi connectivity index (χ2n) is 3.70. The van der Waals surface area contributed by atoms with Crippen LogP contribution in [0.2, 0.25) is 0 Å². The van der Waals surface area contributed by atoms with Crippen LogP contribution in [0.5, 0.6) is 0 Å². The smallest absolute Gasteiger partial charge is 0.331 e. The maximum absolute atomic E-state index is 11.4. The molecule has 0 aromatic carbocycles. The lowest BCUT2D eigenvalue weighted by Gasteiger charge is -2.13. The summed E-state index contributed by atoms with van der Waals surface area (Å²) in [6.07, 6.45) is 1.67. The number of ether oxygens (including phenoxy) is 1. The molecule has 0 aliphatic carbocycles. The average molecular weight is 242 g/mol. The zero-order valence-corrected chi connectivity index (χ0v) is 10.4. The second kappa shape index (κ2) is 7.43. The molecule has 0 aromatic heterocycles. The van der Waals surface area contributed by atoms with Gasteiger partial charge in [0.25, 0.3) is 5.91 Å². The molecule has 0 fully saturated rings. The van der Waals surface area contributed by atoms with Crippen LogP contribution < -0.4 is 10.6 Å². The van der Waals surface area contributed by atoms with Crippen molar-refractivity contribution in [3.63, 3.8) is 0 Å². The summed E-state index contributed by atoms with van der Waals surface area (Å²) >= 11 is 0. The Bertz CT molecular complexity index is 323. The number of hydrogen-bond acceptors (Lipinski definition) is 4. The van der Waals surface area contributed by atoms with Gasteiger partial charge >= 0.3 is 12.0 Å². The average Bonchev–Trinajstić information content (AvgIpc) is 2.15. The Hall–Kier alpha value is -1.85. The Balaban J connectivity index is 4.14. The van der Waals surface area contributed by atoms with E-state index in [0.717, 1.165) is 0 Å². The van der Waals surface area contributed by atoms with Crippen LogP contribution in [0.3, 0.4) is 0 Å². The Morgan fingerprint density at radius 1 is 1.18 bits per heavy atom. The highest BCUT2D eigenvalue weighted by atomic mass is 16.5. The molecule has 0 aliphatic rings. The molecular weight excluding hydrogens is 224 g/mol. The maximum Gasteiger partial charge on any atom is 0.331 e. The molecule has 2 N–H and O–H groups in total. The van der Waals surface area contributed by atoms with E-state index in [-0.39, 0.29) is 6.04 Å². The normalized spacial score (nSPS) is 12.3. The van der Waals surface area contributed by atoms with E-state index in [9.17, 15) is 14.4 Å². The minimum Gasteiger partial charge on any atom is -0.449 e. The first kappa shape index (κ1) is 15.2. The predicted octanol–water partition coefficient (Wildman–Crippen LogP) is 0.728. The van der Waals surface area contributed by atoms with Crippen LogP contribution >= 0.6 is 0 Å². The van der Waals surface area contributed by atoms with Crippen molar-refractivity contribution < 1.29 is 19.1 Å². The summed E-state index contributed by atoms with van der Waals surface area (Å²) < 4.78 is 4.74. The zero-order chi connectivity index (χ0) is 13.4. The molecule has 0 bridgehead atoms. The van der Waals surface area contributed by atoms with Crippen molar-refractivity contribution in [1.29, 1.82) is 0 Å². The molecular formula is C11H18N2O4. The summed E-state index contributed by atoms with van der Waals surface area (Å²) in [6, 6.07) is -0.692. The van der Waals surface area contributed by atoms with Gasteiger partial charge < -0.3 is 10.1 Å². The van der Waals surface area contributed by atoms with E-state index in [0.29, 0.717) is 0 Å².